The maximum atomic E-state index is 13.0. The number of fused-ring (bicyclic) bond motifs is 2. The number of rotatable bonds is 5. The van der Waals surface area contributed by atoms with Crippen LogP contribution in [0.4, 0.5) is 30.5 Å². The second-order valence-corrected chi connectivity index (χ2v) is 7.52. The van der Waals surface area contributed by atoms with Gasteiger partial charge in [0.1, 0.15) is 17.3 Å². The van der Waals surface area contributed by atoms with Crippen molar-refractivity contribution in [2.24, 2.45) is 0 Å². The molecule has 0 spiro atoms. The van der Waals surface area contributed by atoms with Gasteiger partial charge in [0.05, 0.1) is 36.3 Å². The average molecular weight is 470 g/mol. The average Bonchev–Trinajstić information content (AvgIpc) is 3.29. The van der Waals surface area contributed by atoms with E-state index in [0.29, 0.717) is 28.1 Å². The lowest BCUT2D eigenvalue weighted by Crippen LogP contribution is -2.23. The first kappa shape index (κ1) is 21.7. The molecule has 13 heteroatoms. The van der Waals surface area contributed by atoms with Crippen molar-refractivity contribution in [1.29, 1.82) is 0 Å². The topological polar surface area (TPSA) is 125 Å². The van der Waals surface area contributed by atoms with E-state index in [-0.39, 0.29) is 29.8 Å². The second kappa shape index (κ2) is 8.02. The number of nitrogens with two attached hydrogens (primary N) is 1. The molecule has 0 radical (unpaired) electrons. The van der Waals surface area contributed by atoms with Crippen LogP contribution in [0.1, 0.15) is 18.4 Å². The van der Waals surface area contributed by atoms with Crippen LogP contribution >= 0.6 is 0 Å². The largest absolute Gasteiger partial charge is 0.522 e. The molecule has 0 aliphatic carbocycles. The first-order valence-electron chi connectivity index (χ1n) is 10.2. The van der Waals surface area contributed by atoms with E-state index in [0.717, 1.165) is 0 Å². The smallest absolute Gasteiger partial charge is 0.383 e. The molecular weight excluding hydrogens is 453 g/mol. The third-order valence-corrected chi connectivity index (χ3v) is 5.38. The number of alkyl halides is 3. The molecule has 10 nitrogen and oxygen atoms in total. The van der Waals surface area contributed by atoms with Gasteiger partial charge < -0.3 is 5.73 Å². The van der Waals surface area contributed by atoms with Crippen molar-refractivity contribution < 1.29 is 22.7 Å². The highest BCUT2D eigenvalue weighted by Crippen LogP contribution is 2.43. The molecule has 1 amide bonds. The Kier molecular flexibility index (Phi) is 5.12. The summed E-state index contributed by atoms with van der Waals surface area (Å²) in [5, 5.41) is 4.91. The lowest BCUT2D eigenvalue weighted by Gasteiger charge is -2.16. The minimum absolute atomic E-state index is 0.110. The molecule has 1 atom stereocenters. The van der Waals surface area contributed by atoms with E-state index in [1.54, 1.807) is 37.4 Å². The fraction of sp³-hybridized carbons (Fsp3) is 0.238. The summed E-state index contributed by atoms with van der Waals surface area (Å²) in [7, 11) is 0. The van der Waals surface area contributed by atoms with E-state index in [9.17, 15) is 18.0 Å². The van der Waals surface area contributed by atoms with Crippen LogP contribution in [0, 0.1) is 0 Å². The monoisotopic (exact) mass is 470 g/mol. The molecule has 0 saturated heterocycles. The molecule has 0 fully saturated rings. The first-order chi connectivity index (χ1) is 16.2. The van der Waals surface area contributed by atoms with E-state index >= 15 is 0 Å². The molecule has 4 aromatic rings. The molecule has 1 aliphatic rings. The summed E-state index contributed by atoms with van der Waals surface area (Å²) in [6, 6.07) is 6.78. The van der Waals surface area contributed by atoms with Crippen LogP contribution in [-0.4, -0.2) is 48.6 Å². The van der Waals surface area contributed by atoms with Gasteiger partial charge >= 0.3 is 6.36 Å². The van der Waals surface area contributed by atoms with Gasteiger partial charge in [-0.25, -0.2) is 19.6 Å². The van der Waals surface area contributed by atoms with Gasteiger partial charge in [0.2, 0.25) is 5.91 Å². The molecule has 0 aromatic carbocycles. The number of carbonyl (C=O) groups is 1. The number of hydrogen-bond donors (Lipinski definition) is 1. The summed E-state index contributed by atoms with van der Waals surface area (Å²) in [5.41, 5.74) is 7.84. The Morgan fingerprint density at radius 1 is 1.18 bits per heavy atom. The maximum absolute atomic E-state index is 13.0. The van der Waals surface area contributed by atoms with Crippen LogP contribution in [0.2, 0.25) is 0 Å². The van der Waals surface area contributed by atoms with Gasteiger partial charge in [-0.15, -0.1) is 13.2 Å². The van der Waals surface area contributed by atoms with Gasteiger partial charge in [0.25, 0.3) is 0 Å². The number of nitrogen functional groups attached to an aromatic ring is 1. The van der Waals surface area contributed by atoms with Crippen LogP contribution in [-0.2, 0) is 16.1 Å². The third kappa shape index (κ3) is 3.69. The summed E-state index contributed by atoms with van der Waals surface area (Å²) in [4.78, 5) is 31.7. The zero-order chi connectivity index (χ0) is 24.0. The molecule has 2 N–H and O–H groups in total. The summed E-state index contributed by atoms with van der Waals surface area (Å²) in [6.45, 7) is 0.862. The predicted molar refractivity (Wildman–Crippen MR) is 115 cm³/mol. The predicted octanol–water partition coefficient (Wildman–Crippen LogP) is 3.18. The first-order valence-corrected chi connectivity index (χ1v) is 10.2. The number of anilines is 3. The fourth-order valence-corrected chi connectivity index (χ4v) is 3.90. The Balaban J connectivity index is 1.61. The van der Waals surface area contributed by atoms with Gasteiger partial charge in [0.15, 0.2) is 11.5 Å². The molecule has 5 heterocycles. The van der Waals surface area contributed by atoms with Gasteiger partial charge in [-0.05, 0) is 31.2 Å². The van der Waals surface area contributed by atoms with E-state index < -0.39 is 18.9 Å². The normalized spacial score (nSPS) is 15.8. The Morgan fingerprint density at radius 2 is 1.97 bits per heavy atom. The summed E-state index contributed by atoms with van der Waals surface area (Å²) in [5.74, 6) is -0.276. The van der Waals surface area contributed by atoms with Gasteiger partial charge in [-0.1, -0.05) is 0 Å². The summed E-state index contributed by atoms with van der Waals surface area (Å²) in [6.07, 6.45) is -0.137. The molecular formula is C21H17F3N8O2. The number of amides is 1. The third-order valence-electron chi connectivity index (χ3n) is 5.38. The molecule has 34 heavy (non-hydrogen) atoms. The van der Waals surface area contributed by atoms with Crippen LogP contribution in [0.15, 0.2) is 42.9 Å². The lowest BCUT2D eigenvalue weighted by molar-refractivity contribution is -0.325. The number of nitrogens with zero attached hydrogens (tertiary/aromatic N) is 7. The van der Waals surface area contributed by atoms with Crippen molar-refractivity contribution in [2.75, 3.05) is 17.2 Å². The van der Waals surface area contributed by atoms with E-state index in [1.807, 2.05) is 0 Å². The minimum Gasteiger partial charge on any atom is -0.383 e. The van der Waals surface area contributed by atoms with E-state index in [4.69, 9.17) is 5.73 Å². The standard InChI is InChI=1S/C21H17F3N8O2/c1-11-14-16(25)28-17(29-19(14)32(20(11)33)12-4-2-6-26-10-12)15-13-5-3-7-27-18(13)31(30-15)8-9-34-21(22,23)24/h2-7,10-11H,8-9H2,1H3,(H2,25,28,29). The van der Waals surface area contributed by atoms with Gasteiger partial charge in [-0.2, -0.15) is 5.10 Å². The zero-order valence-electron chi connectivity index (χ0n) is 17.7. The molecule has 5 rings (SSSR count). The summed E-state index contributed by atoms with van der Waals surface area (Å²) >= 11 is 0. The fourth-order valence-electron chi connectivity index (χ4n) is 3.90. The van der Waals surface area contributed by atoms with Crippen molar-refractivity contribution in [2.45, 2.75) is 25.7 Å². The molecule has 1 unspecified atom stereocenters. The Morgan fingerprint density at radius 3 is 2.71 bits per heavy atom. The van der Waals surface area contributed by atoms with Crippen molar-refractivity contribution in [3.05, 3.63) is 48.4 Å². The zero-order valence-corrected chi connectivity index (χ0v) is 17.7. The number of hydrogen-bond acceptors (Lipinski definition) is 8. The molecule has 4 aromatic heterocycles. The number of aromatic nitrogens is 6. The Labute approximate surface area is 190 Å². The van der Waals surface area contributed by atoms with Crippen molar-refractivity contribution in [3.8, 4) is 11.5 Å². The van der Waals surface area contributed by atoms with E-state index in [1.165, 1.54) is 22.0 Å². The summed E-state index contributed by atoms with van der Waals surface area (Å²) < 4.78 is 42.4. The number of ether oxygens (including phenoxy) is 1. The second-order valence-electron chi connectivity index (χ2n) is 7.52. The van der Waals surface area contributed by atoms with Crippen molar-refractivity contribution >= 4 is 34.3 Å². The number of halogens is 3. The Bertz CT molecular complexity index is 1390. The lowest BCUT2D eigenvalue weighted by atomic mass is 10.1. The molecule has 0 bridgehead atoms. The quantitative estimate of drug-likeness (QED) is 0.472. The maximum Gasteiger partial charge on any atom is 0.522 e. The highest BCUT2D eigenvalue weighted by atomic mass is 19.4. The van der Waals surface area contributed by atoms with Crippen LogP contribution in [0.3, 0.4) is 0 Å². The highest BCUT2D eigenvalue weighted by molar-refractivity contribution is 6.10. The Hall–Kier alpha value is -4.13. The van der Waals surface area contributed by atoms with E-state index in [2.05, 4.69) is 29.8 Å². The van der Waals surface area contributed by atoms with Crippen LogP contribution < -0.4 is 10.6 Å². The van der Waals surface area contributed by atoms with Gasteiger partial charge in [0, 0.05) is 18.0 Å². The molecule has 174 valence electrons. The van der Waals surface area contributed by atoms with Crippen LogP contribution in [0.5, 0.6) is 0 Å². The molecule has 1 aliphatic heterocycles. The molecule has 0 saturated carbocycles. The highest BCUT2D eigenvalue weighted by Gasteiger charge is 2.40. The van der Waals surface area contributed by atoms with Crippen molar-refractivity contribution in [3.63, 3.8) is 0 Å². The van der Waals surface area contributed by atoms with Gasteiger partial charge in [-0.3, -0.25) is 19.4 Å². The SMILES string of the molecule is CC1C(=O)N(c2cccnc2)c2nc(-c3nn(CCOC(F)(F)F)c4ncccc34)nc(N)c21. The number of carbonyl (C=O) groups excluding carboxylic acids is 1. The van der Waals surface area contributed by atoms with Crippen molar-refractivity contribution in [1.82, 2.24) is 29.7 Å². The van der Waals surface area contributed by atoms with Crippen LogP contribution in [0.25, 0.3) is 22.6 Å². The number of pyridine rings is 2. The minimum atomic E-state index is -4.75.